The molecule has 6 heteroatoms. The van der Waals surface area contributed by atoms with E-state index in [2.05, 4.69) is 5.32 Å². The van der Waals surface area contributed by atoms with E-state index in [-0.39, 0.29) is 11.6 Å². The minimum atomic E-state index is -4.42. The Balaban J connectivity index is 2.34. The molecule has 1 saturated heterocycles. The SMILES string of the molecule is CN(c1ccc(C(F)(F)F)cc1C#N)C1CNC1. The summed E-state index contributed by atoms with van der Waals surface area (Å²) in [5.41, 5.74) is -0.195. The number of halogens is 3. The Kier molecular flexibility index (Phi) is 3.18. The summed E-state index contributed by atoms with van der Waals surface area (Å²) in [6.07, 6.45) is -4.42. The molecule has 2 rings (SSSR count). The zero-order valence-electron chi connectivity index (χ0n) is 9.75. The van der Waals surface area contributed by atoms with E-state index in [1.54, 1.807) is 7.05 Å². The van der Waals surface area contributed by atoms with E-state index in [9.17, 15) is 13.2 Å². The fourth-order valence-electron chi connectivity index (χ4n) is 1.85. The van der Waals surface area contributed by atoms with Crippen molar-refractivity contribution in [3.8, 4) is 6.07 Å². The van der Waals surface area contributed by atoms with Crippen LogP contribution in [0.1, 0.15) is 11.1 Å². The highest BCUT2D eigenvalue weighted by Crippen LogP contribution is 2.33. The molecule has 0 bridgehead atoms. The van der Waals surface area contributed by atoms with Crippen molar-refractivity contribution in [1.82, 2.24) is 5.32 Å². The van der Waals surface area contributed by atoms with Gasteiger partial charge in [0.1, 0.15) is 6.07 Å². The third-order valence-corrected chi connectivity index (χ3v) is 3.13. The van der Waals surface area contributed by atoms with Gasteiger partial charge in [-0.1, -0.05) is 0 Å². The summed E-state index contributed by atoms with van der Waals surface area (Å²) in [6.45, 7) is 1.56. The van der Waals surface area contributed by atoms with E-state index < -0.39 is 11.7 Å². The van der Waals surface area contributed by atoms with Crippen molar-refractivity contribution >= 4 is 5.69 Å². The number of rotatable bonds is 2. The maximum absolute atomic E-state index is 12.5. The van der Waals surface area contributed by atoms with E-state index in [0.29, 0.717) is 5.69 Å². The van der Waals surface area contributed by atoms with E-state index >= 15 is 0 Å². The smallest absolute Gasteiger partial charge is 0.368 e. The summed E-state index contributed by atoms with van der Waals surface area (Å²) in [7, 11) is 1.79. The average molecular weight is 255 g/mol. The van der Waals surface area contributed by atoms with Crippen LogP contribution in [0.25, 0.3) is 0 Å². The van der Waals surface area contributed by atoms with Crippen LogP contribution in [-0.4, -0.2) is 26.2 Å². The van der Waals surface area contributed by atoms with Crippen LogP contribution in [0.5, 0.6) is 0 Å². The van der Waals surface area contributed by atoms with Gasteiger partial charge in [-0.2, -0.15) is 18.4 Å². The quantitative estimate of drug-likeness (QED) is 0.878. The Morgan fingerprint density at radius 3 is 2.50 bits per heavy atom. The minimum absolute atomic E-state index is 0.0548. The molecule has 1 N–H and O–H groups in total. The first-order valence-electron chi connectivity index (χ1n) is 5.48. The first-order valence-corrected chi connectivity index (χ1v) is 5.48. The van der Waals surface area contributed by atoms with Crippen LogP contribution >= 0.6 is 0 Å². The van der Waals surface area contributed by atoms with E-state index in [1.807, 2.05) is 11.0 Å². The van der Waals surface area contributed by atoms with Crippen molar-refractivity contribution in [2.75, 3.05) is 25.0 Å². The number of hydrogen-bond acceptors (Lipinski definition) is 3. The van der Waals surface area contributed by atoms with Crippen LogP contribution in [0.3, 0.4) is 0 Å². The first-order chi connectivity index (χ1) is 8.43. The molecule has 0 atom stereocenters. The molecule has 1 heterocycles. The second kappa shape index (κ2) is 4.50. The Labute approximate surface area is 103 Å². The zero-order valence-corrected chi connectivity index (χ0v) is 9.75. The number of hydrogen-bond donors (Lipinski definition) is 1. The molecular formula is C12H12F3N3. The van der Waals surface area contributed by atoms with Crippen molar-refractivity contribution in [3.05, 3.63) is 29.3 Å². The molecule has 0 radical (unpaired) electrons. The number of nitriles is 1. The van der Waals surface area contributed by atoms with Gasteiger partial charge in [-0.15, -0.1) is 0 Å². The lowest BCUT2D eigenvalue weighted by molar-refractivity contribution is -0.137. The lowest BCUT2D eigenvalue weighted by Gasteiger charge is -2.37. The Hall–Kier alpha value is -1.74. The molecule has 1 aliphatic heterocycles. The summed E-state index contributed by atoms with van der Waals surface area (Å²) in [4.78, 5) is 1.84. The van der Waals surface area contributed by atoms with Crippen LogP contribution in [0.15, 0.2) is 18.2 Å². The Morgan fingerprint density at radius 1 is 1.39 bits per heavy atom. The molecule has 1 aromatic rings. The molecule has 0 aromatic heterocycles. The number of benzene rings is 1. The van der Waals surface area contributed by atoms with Gasteiger partial charge in [0.05, 0.1) is 22.9 Å². The van der Waals surface area contributed by atoms with E-state index in [4.69, 9.17) is 5.26 Å². The summed E-state index contributed by atoms with van der Waals surface area (Å²) in [5.74, 6) is 0. The largest absolute Gasteiger partial charge is 0.416 e. The van der Waals surface area contributed by atoms with Crippen LogP contribution in [0.4, 0.5) is 18.9 Å². The van der Waals surface area contributed by atoms with Gasteiger partial charge in [0.2, 0.25) is 0 Å². The number of anilines is 1. The lowest BCUT2D eigenvalue weighted by atomic mass is 10.1. The van der Waals surface area contributed by atoms with Gasteiger partial charge in [0.15, 0.2) is 0 Å². The van der Waals surface area contributed by atoms with Gasteiger partial charge in [-0.3, -0.25) is 0 Å². The first kappa shape index (κ1) is 12.7. The average Bonchev–Trinajstić information content (AvgIpc) is 2.24. The summed E-state index contributed by atoms with van der Waals surface area (Å²) >= 11 is 0. The molecular weight excluding hydrogens is 243 g/mol. The zero-order chi connectivity index (χ0) is 13.3. The van der Waals surface area contributed by atoms with E-state index in [0.717, 1.165) is 25.2 Å². The van der Waals surface area contributed by atoms with Gasteiger partial charge in [-0.05, 0) is 18.2 Å². The molecule has 96 valence electrons. The van der Waals surface area contributed by atoms with Gasteiger partial charge < -0.3 is 10.2 Å². The second-order valence-corrected chi connectivity index (χ2v) is 4.26. The fourth-order valence-corrected chi connectivity index (χ4v) is 1.85. The van der Waals surface area contributed by atoms with Gasteiger partial charge in [-0.25, -0.2) is 0 Å². The highest BCUT2D eigenvalue weighted by atomic mass is 19.4. The molecule has 0 unspecified atom stereocenters. The van der Waals surface area contributed by atoms with Crippen LogP contribution in [0, 0.1) is 11.3 Å². The monoisotopic (exact) mass is 255 g/mol. The molecule has 1 aromatic carbocycles. The summed E-state index contributed by atoms with van der Waals surface area (Å²) < 4.78 is 37.6. The van der Waals surface area contributed by atoms with Gasteiger partial charge in [0, 0.05) is 20.1 Å². The molecule has 0 spiro atoms. The summed E-state index contributed by atoms with van der Waals surface area (Å²) in [5, 5.41) is 12.1. The minimum Gasteiger partial charge on any atom is -0.368 e. The molecule has 1 fully saturated rings. The van der Waals surface area contributed by atoms with Crippen molar-refractivity contribution in [1.29, 1.82) is 5.26 Å². The maximum atomic E-state index is 12.5. The third kappa shape index (κ3) is 2.27. The topological polar surface area (TPSA) is 39.1 Å². The number of alkyl halides is 3. The number of nitrogens with zero attached hydrogens (tertiary/aromatic N) is 2. The predicted molar refractivity (Wildman–Crippen MR) is 61.2 cm³/mol. The third-order valence-electron chi connectivity index (χ3n) is 3.13. The van der Waals surface area contributed by atoms with Crippen LogP contribution in [-0.2, 0) is 6.18 Å². The summed E-state index contributed by atoms with van der Waals surface area (Å²) in [6, 6.07) is 5.33. The molecule has 18 heavy (non-hydrogen) atoms. The highest BCUT2D eigenvalue weighted by Gasteiger charge is 2.32. The standard InChI is InChI=1S/C12H12F3N3/c1-18(10-6-17-7-10)11-3-2-9(12(13,14)15)4-8(11)5-16/h2-4,10,17H,6-7H2,1H3. The van der Waals surface area contributed by atoms with Crippen LogP contribution < -0.4 is 10.2 Å². The molecule has 0 amide bonds. The number of nitrogens with one attached hydrogen (secondary N) is 1. The Morgan fingerprint density at radius 2 is 2.06 bits per heavy atom. The maximum Gasteiger partial charge on any atom is 0.416 e. The van der Waals surface area contributed by atoms with Crippen molar-refractivity contribution < 1.29 is 13.2 Å². The van der Waals surface area contributed by atoms with Crippen molar-refractivity contribution in [2.45, 2.75) is 12.2 Å². The molecule has 0 saturated carbocycles. The van der Waals surface area contributed by atoms with Gasteiger partial charge in [0.25, 0.3) is 0 Å². The number of likely N-dealkylation sites (N-methyl/N-ethyl adjacent to an activating group) is 1. The predicted octanol–water partition coefficient (Wildman–Crippen LogP) is 1.99. The second-order valence-electron chi connectivity index (χ2n) is 4.26. The van der Waals surface area contributed by atoms with E-state index in [1.165, 1.54) is 6.07 Å². The van der Waals surface area contributed by atoms with Crippen molar-refractivity contribution in [3.63, 3.8) is 0 Å². The van der Waals surface area contributed by atoms with Crippen molar-refractivity contribution in [2.24, 2.45) is 0 Å². The van der Waals surface area contributed by atoms with Gasteiger partial charge >= 0.3 is 6.18 Å². The van der Waals surface area contributed by atoms with Crippen LogP contribution in [0.2, 0.25) is 0 Å². The normalized spacial score (nSPS) is 15.9. The molecule has 1 aliphatic rings. The Bertz CT molecular complexity index is 486. The lowest BCUT2D eigenvalue weighted by Crippen LogP contribution is -2.56. The highest BCUT2D eigenvalue weighted by molar-refractivity contribution is 5.61. The molecule has 3 nitrogen and oxygen atoms in total. The fraction of sp³-hybridized carbons (Fsp3) is 0.417. The molecule has 0 aliphatic carbocycles.